The van der Waals surface area contributed by atoms with E-state index in [1.54, 1.807) is 0 Å². The van der Waals surface area contributed by atoms with Gasteiger partial charge in [-0.15, -0.1) is 0 Å². The Kier molecular flexibility index (Phi) is 5.66. The molecule has 5 nitrogen and oxygen atoms in total. The van der Waals surface area contributed by atoms with Crippen LogP contribution < -0.4 is 0 Å². The molecule has 0 aliphatic carbocycles. The van der Waals surface area contributed by atoms with E-state index in [9.17, 15) is 9.59 Å². The van der Waals surface area contributed by atoms with Crippen LogP contribution in [0.4, 0.5) is 0 Å². The van der Waals surface area contributed by atoms with Gasteiger partial charge in [-0.2, -0.15) is 0 Å². The predicted molar refractivity (Wildman–Crippen MR) is 116 cm³/mol. The topological polar surface area (TPSA) is 56.4 Å². The summed E-state index contributed by atoms with van der Waals surface area (Å²) in [6.07, 6.45) is 5.82. The Balaban J connectivity index is 1.32. The molecule has 0 bridgehead atoms. The minimum atomic E-state index is 0.0368. The number of benzene rings is 1. The van der Waals surface area contributed by atoms with Gasteiger partial charge in [-0.1, -0.05) is 26.0 Å². The van der Waals surface area contributed by atoms with Crippen LogP contribution in [0, 0.1) is 18.8 Å². The molecule has 0 unspecified atom stereocenters. The highest BCUT2D eigenvalue weighted by Crippen LogP contribution is 2.34. The summed E-state index contributed by atoms with van der Waals surface area (Å²) in [7, 11) is 0. The normalized spacial score (nSPS) is 19.3. The van der Waals surface area contributed by atoms with Crippen molar-refractivity contribution in [3.05, 3.63) is 35.5 Å². The summed E-state index contributed by atoms with van der Waals surface area (Å²) in [6, 6.07) is 6.60. The lowest BCUT2D eigenvalue weighted by molar-refractivity contribution is -0.142. The molecule has 0 radical (unpaired) electrons. The first-order valence-corrected chi connectivity index (χ1v) is 11.1. The van der Waals surface area contributed by atoms with Crippen LogP contribution in [0.1, 0.15) is 56.6 Å². The Morgan fingerprint density at radius 2 is 1.66 bits per heavy atom. The van der Waals surface area contributed by atoms with Crippen LogP contribution >= 0.6 is 0 Å². The molecule has 2 aliphatic heterocycles. The van der Waals surface area contributed by atoms with Gasteiger partial charge in [-0.05, 0) is 55.7 Å². The number of hydrogen-bond donors (Lipinski definition) is 1. The number of aromatic nitrogens is 1. The number of H-pyrrole nitrogens is 1. The zero-order valence-electron chi connectivity index (χ0n) is 17.9. The second-order valence-electron chi connectivity index (χ2n) is 9.15. The second-order valence-corrected chi connectivity index (χ2v) is 9.15. The molecule has 2 fully saturated rings. The minimum absolute atomic E-state index is 0.0368. The van der Waals surface area contributed by atoms with Crippen LogP contribution in [-0.4, -0.2) is 52.8 Å². The summed E-state index contributed by atoms with van der Waals surface area (Å²) in [6.45, 7) is 9.13. The van der Waals surface area contributed by atoms with Crippen molar-refractivity contribution in [3.63, 3.8) is 0 Å². The van der Waals surface area contributed by atoms with Gasteiger partial charge in [0.05, 0.1) is 0 Å². The van der Waals surface area contributed by atoms with E-state index in [1.165, 1.54) is 22.0 Å². The van der Waals surface area contributed by atoms with Crippen molar-refractivity contribution in [2.24, 2.45) is 11.8 Å². The second kappa shape index (κ2) is 8.21. The first-order chi connectivity index (χ1) is 13.9. The number of nitrogens with one attached hydrogen (secondary N) is 1. The molecule has 0 saturated carbocycles. The van der Waals surface area contributed by atoms with Gasteiger partial charge in [0.1, 0.15) is 0 Å². The first kappa shape index (κ1) is 20.0. The summed E-state index contributed by atoms with van der Waals surface area (Å²) in [5, 5.41) is 1.32. The van der Waals surface area contributed by atoms with E-state index in [-0.39, 0.29) is 17.7 Å². The van der Waals surface area contributed by atoms with Crippen molar-refractivity contribution in [2.75, 3.05) is 26.2 Å². The fourth-order valence-electron chi connectivity index (χ4n) is 4.98. The van der Waals surface area contributed by atoms with Crippen LogP contribution in [0.3, 0.4) is 0 Å². The molecule has 29 heavy (non-hydrogen) atoms. The summed E-state index contributed by atoms with van der Waals surface area (Å²) < 4.78 is 0. The van der Waals surface area contributed by atoms with E-state index in [4.69, 9.17) is 0 Å². The standard InChI is InChI=1S/C24H33N3O2/c1-16(2)23(28)26-12-8-19(9-13-26)24(29)27-10-6-18(7-11-27)21-15-25-22-14-17(3)4-5-20(21)22/h4-5,14-16,18-19,25H,6-13H2,1-3H3. The summed E-state index contributed by atoms with van der Waals surface area (Å²) in [5.74, 6) is 1.15. The van der Waals surface area contributed by atoms with Gasteiger partial charge in [0, 0.05) is 55.1 Å². The van der Waals surface area contributed by atoms with Crippen molar-refractivity contribution in [3.8, 4) is 0 Å². The highest BCUT2D eigenvalue weighted by molar-refractivity contribution is 5.84. The molecule has 2 aromatic rings. The average Bonchev–Trinajstić information content (AvgIpc) is 3.16. The molecule has 2 saturated heterocycles. The summed E-state index contributed by atoms with van der Waals surface area (Å²) in [4.78, 5) is 32.6. The molecule has 156 valence electrons. The van der Waals surface area contributed by atoms with Gasteiger partial charge in [0.25, 0.3) is 0 Å². The van der Waals surface area contributed by atoms with Crippen molar-refractivity contribution in [1.29, 1.82) is 0 Å². The number of carbonyl (C=O) groups excluding carboxylic acids is 2. The lowest BCUT2D eigenvalue weighted by Gasteiger charge is -2.37. The van der Waals surface area contributed by atoms with Crippen molar-refractivity contribution < 1.29 is 9.59 Å². The fourth-order valence-corrected chi connectivity index (χ4v) is 4.98. The van der Waals surface area contributed by atoms with Crippen LogP contribution in [0.25, 0.3) is 10.9 Å². The van der Waals surface area contributed by atoms with E-state index >= 15 is 0 Å². The lowest BCUT2D eigenvalue weighted by Crippen LogP contribution is -2.47. The van der Waals surface area contributed by atoms with E-state index < -0.39 is 0 Å². The van der Waals surface area contributed by atoms with Gasteiger partial charge in [0.15, 0.2) is 0 Å². The monoisotopic (exact) mass is 395 g/mol. The van der Waals surface area contributed by atoms with Crippen molar-refractivity contribution in [1.82, 2.24) is 14.8 Å². The number of nitrogens with zero attached hydrogens (tertiary/aromatic N) is 2. The molecule has 1 aromatic carbocycles. The SMILES string of the molecule is Cc1ccc2c(C3CCN(C(=O)C4CCN(C(=O)C(C)C)CC4)CC3)c[nH]c2c1. The van der Waals surface area contributed by atoms with Crippen LogP contribution in [0.2, 0.25) is 0 Å². The highest BCUT2D eigenvalue weighted by atomic mass is 16.2. The van der Waals surface area contributed by atoms with Gasteiger partial charge in [0.2, 0.25) is 11.8 Å². The number of aromatic amines is 1. The number of fused-ring (bicyclic) bond motifs is 1. The van der Waals surface area contributed by atoms with Gasteiger partial charge in [-0.25, -0.2) is 0 Å². The van der Waals surface area contributed by atoms with Gasteiger partial charge >= 0.3 is 0 Å². The molecular weight excluding hydrogens is 362 g/mol. The quantitative estimate of drug-likeness (QED) is 0.851. The number of rotatable bonds is 3. The Bertz CT molecular complexity index is 885. The van der Waals surface area contributed by atoms with Crippen LogP contribution in [0.15, 0.2) is 24.4 Å². The number of amides is 2. The Hall–Kier alpha value is -2.30. The van der Waals surface area contributed by atoms with Crippen molar-refractivity contribution in [2.45, 2.75) is 52.4 Å². The third-order valence-electron chi connectivity index (χ3n) is 6.77. The average molecular weight is 396 g/mol. The number of hydrogen-bond acceptors (Lipinski definition) is 2. The fraction of sp³-hybridized carbons (Fsp3) is 0.583. The third kappa shape index (κ3) is 4.05. The third-order valence-corrected chi connectivity index (χ3v) is 6.77. The van der Waals surface area contributed by atoms with E-state index in [0.717, 1.165) is 51.9 Å². The number of piperidine rings is 2. The smallest absolute Gasteiger partial charge is 0.225 e. The molecule has 3 heterocycles. The first-order valence-electron chi connectivity index (χ1n) is 11.1. The molecule has 1 aromatic heterocycles. The minimum Gasteiger partial charge on any atom is -0.361 e. The number of carbonyl (C=O) groups is 2. The van der Waals surface area contributed by atoms with Gasteiger partial charge in [-0.3, -0.25) is 9.59 Å². The maximum Gasteiger partial charge on any atom is 0.225 e. The molecular formula is C24H33N3O2. The Morgan fingerprint density at radius 1 is 1.00 bits per heavy atom. The molecule has 5 heteroatoms. The van der Waals surface area contributed by atoms with Crippen LogP contribution in [-0.2, 0) is 9.59 Å². The Labute approximate surface area is 173 Å². The predicted octanol–water partition coefficient (Wildman–Crippen LogP) is 4.08. The largest absolute Gasteiger partial charge is 0.361 e. The zero-order valence-corrected chi connectivity index (χ0v) is 17.9. The Morgan fingerprint density at radius 3 is 2.31 bits per heavy atom. The molecule has 2 amide bonds. The molecule has 0 atom stereocenters. The molecule has 4 rings (SSSR count). The molecule has 2 aliphatic rings. The lowest BCUT2D eigenvalue weighted by atomic mass is 9.87. The summed E-state index contributed by atoms with van der Waals surface area (Å²) in [5.41, 5.74) is 3.88. The van der Waals surface area contributed by atoms with E-state index in [1.807, 2.05) is 18.7 Å². The summed E-state index contributed by atoms with van der Waals surface area (Å²) >= 11 is 0. The number of likely N-dealkylation sites (tertiary alicyclic amines) is 2. The maximum atomic E-state index is 13.0. The highest BCUT2D eigenvalue weighted by Gasteiger charge is 2.33. The zero-order chi connectivity index (χ0) is 20.5. The van der Waals surface area contributed by atoms with Crippen molar-refractivity contribution >= 4 is 22.7 Å². The van der Waals surface area contributed by atoms with E-state index in [0.29, 0.717) is 11.8 Å². The van der Waals surface area contributed by atoms with E-state index in [2.05, 4.69) is 41.2 Å². The molecule has 0 spiro atoms. The van der Waals surface area contributed by atoms with Crippen LogP contribution in [0.5, 0.6) is 0 Å². The molecule has 1 N–H and O–H groups in total. The number of aryl methyl sites for hydroxylation is 1. The maximum absolute atomic E-state index is 13.0. The van der Waals surface area contributed by atoms with Gasteiger partial charge < -0.3 is 14.8 Å².